The van der Waals surface area contributed by atoms with Crippen LogP contribution in [-0.4, -0.2) is 16.3 Å². The highest BCUT2D eigenvalue weighted by Crippen LogP contribution is 2.22. The zero-order valence-corrected chi connectivity index (χ0v) is 10.6. The van der Waals surface area contributed by atoms with Crippen LogP contribution in [0.3, 0.4) is 0 Å². The van der Waals surface area contributed by atoms with Crippen LogP contribution >= 0.6 is 23.1 Å². The van der Waals surface area contributed by atoms with Crippen molar-refractivity contribution in [2.75, 3.05) is 6.26 Å². The Morgan fingerprint density at radius 1 is 1.38 bits per heavy atom. The molecule has 1 aromatic heterocycles. The van der Waals surface area contributed by atoms with E-state index >= 15 is 0 Å². The molecule has 2 rings (SSSR count). The SMILES string of the molecule is CSc1ccc(C(O)Cc2cncs2)cc1. The van der Waals surface area contributed by atoms with Crippen LogP contribution in [0.15, 0.2) is 40.9 Å². The lowest BCUT2D eigenvalue weighted by molar-refractivity contribution is 0.179. The highest BCUT2D eigenvalue weighted by Gasteiger charge is 2.09. The summed E-state index contributed by atoms with van der Waals surface area (Å²) >= 11 is 3.28. The fourth-order valence-electron chi connectivity index (χ4n) is 1.48. The number of hydrogen-bond acceptors (Lipinski definition) is 4. The lowest BCUT2D eigenvalue weighted by Gasteiger charge is -2.09. The van der Waals surface area contributed by atoms with Crippen molar-refractivity contribution in [1.29, 1.82) is 0 Å². The van der Waals surface area contributed by atoms with Gasteiger partial charge in [0.2, 0.25) is 0 Å². The molecule has 0 saturated carbocycles. The zero-order valence-electron chi connectivity index (χ0n) is 8.96. The monoisotopic (exact) mass is 251 g/mol. The van der Waals surface area contributed by atoms with Crippen LogP contribution < -0.4 is 0 Å². The van der Waals surface area contributed by atoms with Gasteiger partial charge in [0.15, 0.2) is 0 Å². The summed E-state index contributed by atoms with van der Waals surface area (Å²) in [5.74, 6) is 0. The van der Waals surface area contributed by atoms with E-state index in [0.29, 0.717) is 6.42 Å². The van der Waals surface area contributed by atoms with E-state index in [2.05, 4.69) is 4.98 Å². The van der Waals surface area contributed by atoms with Gasteiger partial charge in [-0.25, -0.2) is 0 Å². The number of benzene rings is 1. The van der Waals surface area contributed by atoms with Crippen molar-refractivity contribution in [2.45, 2.75) is 17.4 Å². The van der Waals surface area contributed by atoms with Crippen molar-refractivity contribution in [1.82, 2.24) is 4.98 Å². The van der Waals surface area contributed by atoms with Crippen molar-refractivity contribution in [3.8, 4) is 0 Å². The van der Waals surface area contributed by atoms with Crippen LogP contribution in [-0.2, 0) is 6.42 Å². The molecule has 0 bridgehead atoms. The average molecular weight is 251 g/mol. The molecular weight excluding hydrogens is 238 g/mol. The first-order chi connectivity index (χ1) is 7.79. The molecule has 1 N–H and O–H groups in total. The van der Waals surface area contributed by atoms with E-state index in [9.17, 15) is 5.11 Å². The summed E-state index contributed by atoms with van der Waals surface area (Å²) in [7, 11) is 0. The molecule has 1 heterocycles. The van der Waals surface area contributed by atoms with Gasteiger partial charge in [0, 0.05) is 22.4 Å². The number of hydrogen-bond donors (Lipinski definition) is 1. The third-order valence-electron chi connectivity index (χ3n) is 2.38. The lowest BCUT2D eigenvalue weighted by atomic mass is 10.1. The summed E-state index contributed by atoms with van der Waals surface area (Å²) in [6, 6.07) is 8.04. The summed E-state index contributed by atoms with van der Waals surface area (Å²) < 4.78 is 0. The fraction of sp³-hybridized carbons (Fsp3) is 0.250. The molecule has 0 amide bonds. The molecule has 0 aliphatic heterocycles. The predicted octanol–water partition coefficient (Wildman–Crippen LogP) is 3.14. The van der Waals surface area contributed by atoms with E-state index in [1.54, 1.807) is 28.6 Å². The normalized spacial score (nSPS) is 12.6. The Balaban J connectivity index is 2.05. The number of nitrogens with zero attached hydrogens (tertiary/aromatic N) is 1. The molecule has 2 nitrogen and oxygen atoms in total. The Kier molecular flexibility index (Phi) is 3.98. The molecule has 2 aromatic rings. The quantitative estimate of drug-likeness (QED) is 0.847. The smallest absolute Gasteiger partial charge is 0.0838 e. The van der Waals surface area contributed by atoms with Crippen molar-refractivity contribution >= 4 is 23.1 Å². The summed E-state index contributed by atoms with van der Waals surface area (Å²) in [5.41, 5.74) is 2.75. The molecule has 16 heavy (non-hydrogen) atoms. The second-order valence-electron chi connectivity index (χ2n) is 3.46. The number of thioether (sulfide) groups is 1. The van der Waals surface area contributed by atoms with E-state index in [0.717, 1.165) is 10.4 Å². The third kappa shape index (κ3) is 2.84. The minimum atomic E-state index is -0.434. The topological polar surface area (TPSA) is 33.1 Å². The van der Waals surface area contributed by atoms with Gasteiger partial charge in [-0.05, 0) is 24.0 Å². The molecule has 4 heteroatoms. The van der Waals surface area contributed by atoms with Crippen molar-refractivity contribution < 1.29 is 5.11 Å². The van der Waals surface area contributed by atoms with Crippen molar-refractivity contribution in [3.05, 3.63) is 46.4 Å². The van der Waals surface area contributed by atoms with Crippen LogP contribution in [0.2, 0.25) is 0 Å². The fourth-order valence-corrected chi connectivity index (χ4v) is 2.52. The molecule has 0 aliphatic rings. The maximum absolute atomic E-state index is 10.0. The van der Waals surface area contributed by atoms with E-state index in [1.807, 2.05) is 36.7 Å². The number of aliphatic hydroxyl groups excluding tert-OH is 1. The van der Waals surface area contributed by atoms with Crippen LogP contribution in [0, 0.1) is 0 Å². The van der Waals surface area contributed by atoms with Gasteiger partial charge in [0.1, 0.15) is 0 Å². The van der Waals surface area contributed by atoms with Gasteiger partial charge < -0.3 is 5.11 Å². The predicted molar refractivity (Wildman–Crippen MR) is 69.0 cm³/mol. The van der Waals surface area contributed by atoms with Crippen LogP contribution in [0.1, 0.15) is 16.5 Å². The Bertz CT molecular complexity index is 425. The van der Waals surface area contributed by atoms with Crippen molar-refractivity contribution in [3.63, 3.8) is 0 Å². The molecule has 0 aliphatic carbocycles. The second-order valence-corrected chi connectivity index (χ2v) is 5.31. The third-order valence-corrected chi connectivity index (χ3v) is 3.92. The number of thiazole rings is 1. The first-order valence-corrected chi connectivity index (χ1v) is 7.09. The molecule has 1 atom stereocenters. The minimum Gasteiger partial charge on any atom is -0.388 e. The van der Waals surface area contributed by atoms with Gasteiger partial charge in [-0.2, -0.15) is 0 Å². The standard InChI is InChI=1S/C12H13NOS2/c1-15-10-4-2-9(3-5-10)12(14)6-11-7-13-8-16-11/h2-5,7-8,12,14H,6H2,1H3. The van der Waals surface area contributed by atoms with Gasteiger partial charge >= 0.3 is 0 Å². The Morgan fingerprint density at radius 3 is 2.69 bits per heavy atom. The largest absolute Gasteiger partial charge is 0.388 e. The first kappa shape index (κ1) is 11.6. The number of rotatable bonds is 4. The number of aromatic nitrogens is 1. The maximum atomic E-state index is 10.0. The van der Waals surface area contributed by atoms with Crippen LogP contribution in [0.5, 0.6) is 0 Å². The van der Waals surface area contributed by atoms with Gasteiger partial charge in [0.25, 0.3) is 0 Å². The molecule has 0 radical (unpaired) electrons. The molecule has 1 unspecified atom stereocenters. The van der Waals surface area contributed by atoms with Crippen LogP contribution in [0.25, 0.3) is 0 Å². The summed E-state index contributed by atoms with van der Waals surface area (Å²) in [6.45, 7) is 0. The lowest BCUT2D eigenvalue weighted by Crippen LogP contribution is -2.00. The molecular formula is C12H13NOS2. The number of aliphatic hydroxyl groups is 1. The van der Waals surface area contributed by atoms with E-state index < -0.39 is 6.10 Å². The first-order valence-electron chi connectivity index (χ1n) is 4.99. The van der Waals surface area contributed by atoms with Gasteiger partial charge in [0.05, 0.1) is 11.6 Å². The maximum Gasteiger partial charge on any atom is 0.0838 e. The Hall–Kier alpha value is -0.840. The summed E-state index contributed by atoms with van der Waals surface area (Å²) in [5, 5.41) is 10.0. The van der Waals surface area contributed by atoms with E-state index in [-0.39, 0.29) is 0 Å². The average Bonchev–Trinajstić information content (AvgIpc) is 2.82. The van der Waals surface area contributed by atoms with Gasteiger partial charge in [-0.3, -0.25) is 4.98 Å². The van der Waals surface area contributed by atoms with Gasteiger partial charge in [-0.1, -0.05) is 12.1 Å². The summed E-state index contributed by atoms with van der Waals surface area (Å²) in [6.07, 6.45) is 4.06. The Morgan fingerprint density at radius 2 is 2.12 bits per heavy atom. The highest BCUT2D eigenvalue weighted by molar-refractivity contribution is 7.98. The second kappa shape index (κ2) is 5.48. The van der Waals surface area contributed by atoms with E-state index in [1.165, 1.54) is 4.90 Å². The molecule has 0 spiro atoms. The summed E-state index contributed by atoms with van der Waals surface area (Å²) in [4.78, 5) is 6.33. The van der Waals surface area contributed by atoms with Crippen LogP contribution in [0.4, 0.5) is 0 Å². The van der Waals surface area contributed by atoms with E-state index in [4.69, 9.17) is 0 Å². The highest BCUT2D eigenvalue weighted by atomic mass is 32.2. The molecule has 1 aromatic carbocycles. The van der Waals surface area contributed by atoms with Gasteiger partial charge in [-0.15, -0.1) is 23.1 Å². The molecule has 84 valence electrons. The zero-order chi connectivity index (χ0) is 11.4. The Labute approximate surface area is 103 Å². The molecule has 0 fully saturated rings. The molecule has 0 saturated heterocycles. The van der Waals surface area contributed by atoms with Crippen molar-refractivity contribution in [2.24, 2.45) is 0 Å². The minimum absolute atomic E-state index is 0.434.